The number of rotatable bonds is 8. The van der Waals surface area contributed by atoms with Gasteiger partial charge in [-0.1, -0.05) is 13.8 Å². The minimum absolute atomic E-state index is 0.180. The number of likely N-dealkylation sites (N-methyl/N-ethyl adjacent to an activating group) is 1. The fourth-order valence-corrected chi connectivity index (χ4v) is 2.83. The van der Waals surface area contributed by atoms with Crippen LogP contribution in [0.3, 0.4) is 0 Å². The van der Waals surface area contributed by atoms with E-state index in [1.165, 1.54) is 25.9 Å². The Bertz CT molecular complexity index is 229. The van der Waals surface area contributed by atoms with E-state index >= 15 is 0 Å². The van der Waals surface area contributed by atoms with Crippen LogP contribution in [0.25, 0.3) is 0 Å². The van der Waals surface area contributed by atoms with Gasteiger partial charge in [-0.15, -0.1) is 0 Å². The molecule has 1 atom stereocenters. The van der Waals surface area contributed by atoms with Crippen LogP contribution in [0.5, 0.6) is 0 Å². The molecule has 1 fully saturated rings. The van der Waals surface area contributed by atoms with Crippen molar-refractivity contribution < 1.29 is 5.11 Å². The summed E-state index contributed by atoms with van der Waals surface area (Å²) in [4.78, 5) is 4.85. The van der Waals surface area contributed by atoms with E-state index in [0.29, 0.717) is 6.04 Å². The maximum Gasteiger partial charge on any atom is 0.0623 e. The van der Waals surface area contributed by atoms with E-state index in [1.807, 2.05) is 0 Å². The van der Waals surface area contributed by atoms with E-state index < -0.39 is 0 Å². The van der Waals surface area contributed by atoms with Crippen LogP contribution in [-0.2, 0) is 0 Å². The van der Waals surface area contributed by atoms with Gasteiger partial charge in [0.15, 0.2) is 0 Å². The molecular weight excluding hydrogens is 226 g/mol. The predicted octanol–water partition coefficient (Wildman–Crippen LogP) is 0.763. The largest absolute Gasteiger partial charge is 0.394 e. The number of aliphatic hydroxyl groups is 1. The lowest BCUT2D eigenvalue weighted by Crippen LogP contribution is -2.56. The van der Waals surface area contributed by atoms with Crippen LogP contribution >= 0.6 is 0 Å². The highest BCUT2D eigenvalue weighted by Gasteiger charge is 2.25. The van der Waals surface area contributed by atoms with E-state index in [0.717, 1.165) is 19.6 Å². The molecule has 0 spiro atoms. The van der Waals surface area contributed by atoms with Gasteiger partial charge in [0.05, 0.1) is 12.1 Å². The van der Waals surface area contributed by atoms with Crippen LogP contribution in [-0.4, -0.2) is 72.9 Å². The summed E-state index contributed by atoms with van der Waals surface area (Å²) in [6.45, 7) is 12.2. The summed E-state index contributed by atoms with van der Waals surface area (Å²) in [5.74, 6) is 0. The van der Waals surface area contributed by atoms with Gasteiger partial charge in [-0.2, -0.15) is 0 Å². The van der Waals surface area contributed by atoms with Gasteiger partial charge in [0.1, 0.15) is 0 Å². The molecule has 0 aromatic heterocycles. The van der Waals surface area contributed by atoms with Gasteiger partial charge in [0.2, 0.25) is 0 Å². The molecule has 1 aliphatic rings. The van der Waals surface area contributed by atoms with E-state index in [4.69, 9.17) is 0 Å². The van der Waals surface area contributed by atoms with Gasteiger partial charge in [-0.05, 0) is 39.9 Å². The van der Waals surface area contributed by atoms with E-state index in [9.17, 15) is 5.11 Å². The third-order valence-electron chi connectivity index (χ3n) is 3.60. The predicted molar refractivity (Wildman–Crippen MR) is 76.9 cm³/mol. The van der Waals surface area contributed by atoms with Crippen LogP contribution in [0.4, 0.5) is 0 Å². The Kier molecular flexibility index (Phi) is 6.57. The molecule has 2 N–H and O–H groups in total. The van der Waals surface area contributed by atoms with E-state index in [-0.39, 0.29) is 12.1 Å². The number of likely N-dealkylation sites (tertiary alicyclic amines) is 1. The Morgan fingerprint density at radius 1 is 1.33 bits per heavy atom. The average molecular weight is 257 g/mol. The molecule has 0 radical (unpaired) electrons. The number of nitrogens with one attached hydrogen (secondary N) is 1. The maximum atomic E-state index is 9.56. The van der Waals surface area contributed by atoms with Crippen molar-refractivity contribution >= 4 is 0 Å². The first-order valence-corrected chi connectivity index (χ1v) is 7.25. The Morgan fingerprint density at radius 2 is 1.94 bits per heavy atom. The monoisotopic (exact) mass is 257 g/mol. The number of hydrogen-bond donors (Lipinski definition) is 2. The average Bonchev–Trinajstić information content (AvgIpc) is 2.78. The molecule has 0 aromatic carbocycles. The van der Waals surface area contributed by atoms with Gasteiger partial charge in [-0.25, -0.2) is 0 Å². The molecule has 4 nitrogen and oxygen atoms in total. The lowest BCUT2D eigenvalue weighted by atomic mass is 10.0. The fraction of sp³-hybridized carbons (Fsp3) is 1.00. The second kappa shape index (κ2) is 7.43. The molecule has 0 aromatic rings. The van der Waals surface area contributed by atoms with Crippen LogP contribution in [0, 0.1) is 0 Å². The summed E-state index contributed by atoms with van der Waals surface area (Å²) < 4.78 is 0. The van der Waals surface area contributed by atoms with Crippen LogP contribution < -0.4 is 5.32 Å². The Balaban J connectivity index is 2.29. The highest BCUT2D eigenvalue weighted by atomic mass is 16.3. The lowest BCUT2D eigenvalue weighted by molar-refractivity contribution is 0.120. The summed E-state index contributed by atoms with van der Waals surface area (Å²) in [7, 11) is 2.14. The zero-order chi connectivity index (χ0) is 13.6. The number of nitrogens with zero attached hydrogens (tertiary/aromatic N) is 2. The maximum absolute atomic E-state index is 9.56. The van der Waals surface area contributed by atoms with Crippen molar-refractivity contribution in [2.75, 3.05) is 46.4 Å². The molecule has 1 aliphatic heterocycles. The van der Waals surface area contributed by atoms with Crippen molar-refractivity contribution in [3.63, 3.8) is 0 Å². The second-order valence-electron chi connectivity index (χ2n) is 6.30. The first-order chi connectivity index (χ1) is 8.45. The summed E-state index contributed by atoms with van der Waals surface area (Å²) >= 11 is 0. The highest BCUT2D eigenvalue weighted by Crippen LogP contribution is 2.09. The van der Waals surface area contributed by atoms with Crippen LogP contribution in [0.1, 0.15) is 33.6 Å². The molecule has 108 valence electrons. The van der Waals surface area contributed by atoms with Gasteiger partial charge >= 0.3 is 0 Å². The summed E-state index contributed by atoms with van der Waals surface area (Å²) in [6.07, 6.45) is 2.71. The van der Waals surface area contributed by atoms with Crippen molar-refractivity contribution in [1.82, 2.24) is 15.1 Å². The van der Waals surface area contributed by atoms with Gasteiger partial charge < -0.3 is 20.2 Å². The van der Waals surface area contributed by atoms with Crippen molar-refractivity contribution in [2.45, 2.75) is 45.2 Å². The Labute approximate surface area is 112 Å². The van der Waals surface area contributed by atoms with Crippen molar-refractivity contribution in [2.24, 2.45) is 0 Å². The zero-order valence-corrected chi connectivity index (χ0v) is 12.6. The molecular formula is C14H31N3O. The molecule has 1 heterocycles. The molecule has 1 rings (SSSR count). The fourth-order valence-electron chi connectivity index (χ4n) is 2.83. The smallest absolute Gasteiger partial charge is 0.0623 e. The third-order valence-corrected chi connectivity index (χ3v) is 3.60. The minimum atomic E-state index is -0.200. The topological polar surface area (TPSA) is 38.7 Å². The number of hydrogen-bond acceptors (Lipinski definition) is 4. The highest BCUT2D eigenvalue weighted by molar-refractivity contribution is 4.87. The Morgan fingerprint density at radius 3 is 2.44 bits per heavy atom. The van der Waals surface area contributed by atoms with Crippen molar-refractivity contribution in [3.8, 4) is 0 Å². The van der Waals surface area contributed by atoms with E-state index in [1.54, 1.807) is 0 Å². The molecule has 4 heteroatoms. The SMILES string of the molecule is CC(C)NC(C)(CO)CN(C)CCN1CCCC1. The molecule has 0 bridgehead atoms. The van der Waals surface area contributed by atoms with Gasteiger partial charge in [0.25, 0.3) is 0 Å². The van der Waals surface area contributed by atoms with Crippen LogP contribution in [0.2, 0.25) is 0 Å². The van der Waals surface area contributed by atoms with E-state index in [2.05, 4.69) is 42.9 Å². The second-order valence-corrected chi connectivity index (χ2v) is 6.30. The Hall–Kier alpha value is -0.160. The third kappa shape index (κ3) is 5.65. The number of aliphatic hydroxyl groups excluding tert-OH is 1. The van der Waals surface area contributed by atoms with Crippen molar-refractivity contribution in [1.29, 1.82) is 0 Å². The molecule has 0 aliphatic carbocycles. The summed E-state index contributed by atoms with van der Waals surface area (Å²) in [5.41, 5.74) is -0.200. The lowest BCUT2D eigenvalue weighted by Gasteiger charge is -2.35. The molecule has 18 heavy (non-hydrogen) atoms. The molecule has 0 saturated carbocycles. The van der Waals surface area contributed by atoms with Crippen LogP contribution in [0.15, 0.2) is 0 Å². The zero-order valence-electron chi connectivity index (χ0n) is 12.6. The molecule has 1 saturated heterocycles. The quantitative estimate of drug-likeness (QED) is 0.673. The van der Waals surface area contributed by atoms with Crippen molar-refractivity contribution in [3.05, 3.63) is 0 Å². The molecule has 1 unspecified atom stereocenters. The summed E-state index contributed by atoms with van der Waals surface area (Å²) in [5, 5.41) is 13.0. The standard InChI is InChI=1S/C14H31N3O/c1-13(2)15-14(3,12-18)11-16(4)9-10-17-7-5-6-8-17/h13,15,18H,5-12H2,1-4H3. The normalized spacial score (nSPS) is 20.8. The minimum Gasteiger partial charge on any atom is -0.394 e. The first-order valence-electron chi connectivity index (χ1n) is 7.25. The first kappa shape index (κ1) is 15.9. The summed E-state index contributed by atoms with van der Waals surface area (Å²) in [6, 6.07) is 0.397. The van der Waals surface area contributed by atoms with Gasteiger partial charge in [-0.3, -0.25) is 0 Å². The molecule has 0 amide bonds. The van der Waals surface area contributed by atoms with Gasteiger partial charge in [0, 0.05) is 25.7 Å².